The Balaban J connectivity index is 2.40. The summed E-state index contributed by atoms with van der Waals surface area (Å²) < 4.78 is 27.7. The number of carboxylic acids is 1. The van der Waals surface area contributed by atoms with E-state index in [1.165, 1.54) is 5.38 Å². The van der Waals surface area contributed by atoms with Crippen LogP contribution in [0.4, 0.5) is 14.5 Å². The molecule has 0 saturated carbocycles. The van der Waals surface area contributed by atoms with Gasteiger partial charge in [-0.2, -0.15) is 4.39 Å². The van der Waals surface area contributed by atoms with Crippen LogP contribution in [0.1, 0.15) is 12.1 Å². The molecule has 21 heavy (non-hydrogen) atoms. The molecule has 2 rings (SSSR count). The number of benzene rings is 1. The number of aromatic nitrogens is 1. The number of halogens is 2. The Kier molecular flexibility index (Phi) is 4.22. The third-order valence-electron chi connectivity index (χ3n) is 2.63. The molecule has 0 aliphatic rings. The normalized spacial score (nSPS) is 10.6. The lowest BCUT2D eigenvalue weighted by Gasteiger charge is -2.02. The van der Waals surface area contributed by atoms with Crippen LogP contribution in [0.15, 0.2) is 17.5 Å². The SMILES string of the molecule is O=C(O)CCc1csc(-c2c(F)ccc([N+](=O)[O-])c2F)n1. The Morgan fingerprint density at radius 1 is 1.43 bits per heavy atom. The van der Waals surface area contributed by atoms with Gasteiger partial charge in [0.2, 0.25) is 5.82 Å². The number of thiazole rings is 1. The molecule has 1 N–H and O–H groups in total. The maximum Gasteiger partial charge on any atom is 0.305 e. The fourth-order valence-corrected chi connectivity index (χ4v) is 2.54. The first-order valence-corrected chi connectivity index (χ1v) is 6.57. The van der Waals surface area contributed by atoms with E-state index in [0.717, 1.165) is 23.5 Å². The molecule has 0 atom stereocenters. The summed E-state index contributed by atoms with van der Waals surface area (Å²) in [6.07, 6.45) is -0.0485. The van der Waals surface area contributed by atoms with E-state index < -0.39 is 33.8 Å². The predicted molar refractivity (Wildman–Crippen MR) is 70.1 cm³/mol. The minimum Gasteiger partial charge on any atom is -0.481 e. The van der Waals surface area contributed by atoms with Crippen LogP contribution in [0.25, 0.3) is 10.6 Å². The van der Waals surface area contributed by atoms with Crippen LogP contribution in [0.2, 0.25) is 0 Å². The third-order valence-corrected chi connectivity index (χ3v) is 3.54. The van der Waals surface area contributed by atoms with Crippen LogP contribution in [0.5, 0.6) is 0 Å². The van der Waals surface area contributed by atoms with Crippen LogP contribution in [0.3, 0.4) is 0 Å². The van der Waals surface area contributed by atoms with Gasteiger partial charge in [0, 0.05) is 17.9 Å². The van der Waals surface area contributed by atoms with Crippen molar-refractivity contribution in [3.05, 3.63) is 45.0 Å². The van der Waals surface area contributed by atoms with E-state index in [1.54, 1.807) is 0 Å². The first-order valence-electron chi connectivity index (χ1n) is 5.69. The number of nitro groups is 1. The van der Waals surface area contributed by atoms with Crippen molar-refractivity contribution in [2.45, 2.75) is 12.8 Å². The van der Waals surface area contributed by atoms with Gasteiger partial charge < -0.3 is 5.11 Å². The number of aryl methyl sites for hydroxylation is 1. The van der Waals surface area contributed by atoms with Crippen molar-refractivity contribution in [2.75, 3.05) is 0 Å². The zero-order valence-corrected chi connectivity index (χ0v) is 11.2. The zero-order chi connectivity index (χ0) is 15.6. The lowest BCUT2D eigenvalue weighted by molar-refractivity contribution is -0.387. The first kappa shape index (κ1) is 15.0. The van der Waals surface area contributed by atoms with Crippen molar-refractivity contribution in [1.82, 2.24) is 4.98 Å². The minimum atomic E-state index is -1.29. The molecule has 0 fully saturated rings. The standard InChI is InChI=1S/C12H8F2N2O4S/c13-7-2-3-8(16(19)20)11(14)10(7)12-15-6(5-21-12)1-4-9(17)18/h2-3,5H,1,4H2,(H,17,18). The van der Waals surface area contributed by atoms with E-state index in [4.69, 9.17) is 5.11 Å². The van der Waals surface area contributed by atoms with Gasteiger partial charge in [-0.25, -0.2) is 9.37 Å². The number of carboxylic acid groups (broad SMARTS) is 1. The molecule has 1 aromatic carbocycles. The van der Waals surface area contributed by atoms with Crippen molar-refractivity contribution in [1.29, 1.82) is 0 Å². The van der Waals surface area contributed by atoms with Crippen LogP contribution in [0, 0.1) is 21.7 Å². The second-order valence-corrected chi connectivity index (χ2v) is 4.91. The molecule has 0 radical (unpaired) electrons. The van der Waals surface area contributed by atoms with Crippen molar-refractivity contribution in [2.24, 2.45) is 0 Å². The van der Waals surface area contributed by atoms with Gasteiger partial charge >= 0.3 is 11.7 Å². The zero-order valence-electron chi connectivity index (χ0n) is 10.4. The maximum absolute atomic E-state index is 14.0. The average Bonchev–Trinajstić information content (AvgIpc) is 2.84. The van der Waals surface area contributed by atoms with Crippen molar-refractivity contribution in [3.63, 3.8) is 0 Å². The molecule has 9 heteroatoms. The molecule has 110 valence electrons. The molecule has 0 aliphatic carbocycles. The summed E-state index contributed by atoms with van der Waals surface area (Å²) in [5.41, 5.74) is -1.05. The Morgan fingerprint density at radius 2 is 2.14 bits per heavy atom. The number of rotatable bonds is 5. The van der Waals surface area contributed by atoms with Gasteiger partial charge in [0.15, 0.2) is 0 Å². The molecule has 0 saturated heterocycles. The van der Waals surface area contributed by atoms with Gasteiger partial charge in [-0.05, 0) is 6.07 Å². The van der Waals surface area contributed by atoms with E-state index in [2.05, 4.69) is 4.98 Å². The predicted octanol–water partition coefficient (Wildman–Crippen LogP) is 3.01. The van der Waals surface area contributed by atoms with E-state index in [-0.39, 0.29) is 17.8 Å². The smallest absolute Gasteiger partial charge is 0.305 e. The van der Waals surface area contributed by atoms with Crippen molar-refractivity contribution in [3.8, 4) is 10.6 Å². The van der Waals surface area contributed by atoms with Crippen molar-refractivity contribution >= 4 is 23.0 Å². The molecular weight excluding hydrogens is 306 g/mol. The van der Waals surface area contributed by atoms with Crippen LogP contribution in [-0.4, -0.2) is 21.0 Å². The number of nitro benzene ring substituents is 1. The molecule has 0 bridgehead atoms. The van der Waals surface area contributed by atoms with E-state index >= 15 is 0 Å². The molecule has 1 heterocycles. The molecule has 0 amide bonds. The highest BCUT2D eigenvalue weighted by molar-refractivity contribution is 7.13. The van der Waals surface area contributed by atoms with Gasteiger partial charge in [-0.1, -0.05) is 0 Å². The minimum absolute atomic E-state index is 0.0610. The summed E-state index contributed by atoms with van der Waals surface area (Å²) in [5.74, 6) is -3.27. The Labute approximate surface area is 120 Å². The summed E-state index contributed by atoms with van der Waals surface area (Å²) in [7, 11) is 0. The van der Waals surface area contributed by atoms with Crippen LogP contribution < -0.4 is 0 Å². The Bertz CT molecular complexity index is 717. The number of hydrogen-bond acceptors (Lipinski definition) is 5. The molecule has 2 aromatic rings. The topological polar surface area (TPSA) is 93.3 Å². The van der Waals surface area contributed by atoms with Crippen LogP contribution in [-0.2, 0) is 11.2 Å². The highest BCUT2D eigenvalue weighted by Gasteiger charge is 2.24. The van der Waals surface area contributed by atoms with Gasteiger partial charge in [-0.3, -0.25) is 14.9 Å². The second-order valence-electron chi connectivity index (χ2n) is 4.05. The fourth-order valence-electron chi connectivity index (χ4n) is 1.65. The second kappa shape index (κ2) is 5.92. The summed E-state index contributed by atoms with van der Waals surface area (Å²) in [5, 5.41) is 20.6. The Morgan fingerprint density at radius 3 is 2.76 bits per heavy atom. The maximum atomic E-state index is 14.0. The lowest BCUT2D eigenvalue weighted by atomic mass is 10.1. The number of carbonyl (C=O) groups is 1. The van der Waals surface area contributed by atoms with E-state index in [9.17, 15) is 23.7 Å². The molecule has 6 nitrogen and oxygen atoms in total. The first-order chi connectivity index (χ1) is 9.90. The number of nitrogens with zero attached hydrogens (tertiary/aromatic N) is 2. The average molecular weight is 314 g/mol. The van der Waals surface area contributed by atoms with E-state index in [0.29, 0.717) is 5.69 Å². The largest absolute Gasteiger partial charge is 0.481 e. The summed E-state index contributed by atoms with van der Waals surface area (Å²) in [4.78, 5) is 24.1. The quantitative estimate of drug-likeness (QED) is 0.676. The Hall–Kier alpha value is -2.42. The lowest BCUT2D eigenvalue weighted by Crippen LogP contribution is -1.99. The fraction of sp³-hybridized carbons (Fsp3) is 0.167. The third kappa shape index (κ3) is 3.19. The van der Waals surface area contributed by atoms with Crippen molar-refractivity contribution < 1.29 is 23.6 Å². The van der Waals surface area contributed by atoms with Gasteiger partial charge in [-0.15, -0.1) is 11.3 Å². The molecule has 0 unspecified atom stereocenters. The molecule has 0 aliphatic heterocycles. The van der Waals surface area contributed by atoms with Gasteiger partial charge in [0.05, 0.1) is 22.6 Å². The highest BCUT2D eigenvalue weighted by atomic mass is 32.1. The van der Waals surface area contributed by atoms with E-state index in [1.807, 2.05) is 0 Å². The van der Waals surface area contributed by atoms with Gasteiger partial charge in [0.1, 0.15) is 10.8 Å². The van der Waals surface area contributed by atoms with Crippen LogP contribution >= 0.6 is 11.3 Å². The summed E-state index contributed by atoms with van der Waals surface area (Å²) >= 11 is 0.896. The molecule has 0 spiro atoms. The summed E-state index contributed by atoms with van der Waals surface area (Å²) in [6.45, 7) is 0. The molecule has 1 aromatic heterocycles. The number of aliphatic carboxylic acids is 1. The highest BCUT2D eigenvalue weighted by Crippen LogP contribution is 2.33. The monoisotopic (exact) mass is 314 g/mol. The summed E-state index contributed by atoms with van der Waals surface area (Å²) in [6, 6.07) is 1.54. The van der Waals surface area contributed by atoms with Gasteiger partial charge in [0.25, 0.3) is 0 Å². The number of hydrogen-bond donors (Lipinski definition) is 1. The molecular formula is C12H8F2N2O4S.